The molecule has 0 atom stereocenters. The summed E-state index contributed by atoms with van der Waals surface area (Å²) in [5, 5.41) is 15.2. The maximum Gasteiger partial charge on any atom is 0.341 e. The summed E-state index contributed by atoms with van der Waals surface area (Å²) >= 11 is 4.52. The van der Waals surface area contributed by atoms with Gasteiger partial charge < -0.3 is 14.6 Å². The molecule has 0 spiro atoms. The quantitative estimate of drug-likeness (QED) is 0.177. The summed E-state index contributed by atoms with van der Waals surface area (Å²) in [5.41, 5.74) is 6.12. The van der Waals surface area contributed by atoms with Gasteiger partial charge in [0.2, 0.25) is 5.91 Å². The molecule has 10 heteroatoms. The number of hydrogen-bond donors (Lipinski definition) is 1. The van der Waals surface area contributed by atoms with Crippen LogP contribution in [0.15, 0.2) is 34.8 Å². The van der Waals surface area contributed by atoms with Crippen molar-refractivity contribution in [2.45, 2.75) is 64.6 Å². The molecule has 0 fully saturated rings. The molecule has 204 valence electrons. The van der Waals surface area contributed by atoms with Crippen molar-refractivity contribution < 1.29 is 14.3 Å². The Balaban J connectivity index is 1.32. The predicted molar refractivity (Wildman–Crippen MR) is 160 cm³/mol. The first-order chi connectivity index (χ1) is 18.7. The summed E-state index contributed by atoms with van der Waals surface area (Å²) in [4.78, 5) is 28.3. The van der Waals surface area contributed by atoms with Crippen molar-refractivity contribution >= 4 is 51.3 Å². The van der Waals surface area contributed by atoms with Gasteiger partial charge in [-0.15, -0.1) is 32.9 Å². The Morgan fingerprint density at radius 1 is 1.13 bits per heavy atom. The molecule has 0 saturated carbocycles. The van der Waals surface area contributed by atoms with Crippen molar-refractivity contribution in [3.8, 4) is 22.5 Å². The predicted octanol–water partition coefficient (Wildman–Crippen LogP) is 7.06. The van der Waals surface area contributed by atoms with Crippen molar-refractivity contribution in [1.29, 1.82) is 0 Å². The molecule has 1 aliphatic carbocycles. The molecule has 39 heavy (non-hydrogen) atoms. The van der Waals surface area contributed by atoms with Gasteiger partial charge in [0.05, 0.1) is 17.4 Å². The summed E-state index contributed by atoms with van der Waals surface area (Å²) in [6.45, 7) is 7.87. The third kappa shape index (κ3) is 5.83. The first-order valence-corrected chi connectivity index (χ1v) is 15.7. The Kier molecular flexibility index (Phi) is 8.25. The fraction of sp³-hybridized carbons (Fsp3) is 0.379. The second-order valence-electron chi connectivity index (χ2n) is 10.0. The van der Waals surface area contributed by atoms with Gasteiger partial charge in [-0.2, -0.15) is 0 Å². The first-order valence-electron chi connectivity index (χ1n) is 13.1. The highest BCUT2D eigenvalue weighted by Crippen LogP contribution is 2.40. The molecule has 0 unspecified atom stereocenters. The van der Waals surface area contributed by atoms with Crippen LogP contribution < -0.4 is 5.32 Å². The number of thioether (sulfide) groups is 1. The lowest BCUT2D eigenvalue weighted by Crippen LogP contribution is -2.19. The van der Waals surface area contributed by atoms with E-state index in [2.05, 4.69) is 59.0 Å². The van der Waals surface area contributed by atoms with Crippen molar-refractivity contribution in [3.63, 3.8) is 0 Å². The highest BCUT2D eigenvalue weighted by atomic mass is 32.2. The van der Waals surface area contributed by atoms with E-state index in [4.69, 9.17) is 4.74 Å². The second-order valence-corrected chi connectivity index (χ2v) is 13.1. The zero-order chi connectivity index (χ0) is 27.7. The van der Waals surface area contributed by atoms with E-state index in [-0.39, 0.29) is 23.7 Å². The molecule has 3 aromatic heterocycles. The lowest BCUT2D eigenvalue weighted by molar-refractivity contribution is -0.113. The number of nitrogens with zero attached hydrogens (tertiary/aromatic N) is 3. The third-order valence-corrected chi connectivity index (χ3v) is 9.83. The zero-order valence-corrected chi connectivity index (χ0v) is 25.2. The van der Waals surface area contributed by atoms with Crippen LogP contribution in [0.5, 0.6) is 0 Å². The fourth-order valence-corrected chi connectivity index (χ4v) is 7.68. The molecule has 1 aliphatic rings. The smallest absolute Gasteiger partial charge is 0.341 e. The van der Waals surface area contributed by atoms with Crippen LogP contribution in [0.3, 0.4) is 0 Å². The minimum Gasteiger partial charge on any atom is -0.459 e. The van der Waals surface area contributed by atoms with Crippen LogP contribution >= 0.6 is 34.4 Å². The van der Waals surface area contributed by atoms with Crippen LogP contribution in [0.25, 0.3) is 22.5 Å². The molecule has 4 aromatic rings. The van der Waals surface area contributed by atoms with Crippen molar-refractivity contribution in [1.82, 2.24) is 14.8 Å². The van der Waals surface area contributed by atoms with E-state index in [0.717, 1.165) is 53.8 Å². The molecular weight excluding hydrogens is 549 g/mol. The molecular formula is C29H32N4O3S3. The number of esters is 1. The Hall–Kier alpha value is -2.95. The van der Waals surface area contributed by atoms with Crippen LogP contribution in [0.4, 0.5) is 5.00 Å². The molecule has 1 amide bonds. The van der Waals surface area contributed by atoms with Gasteiger partial charge >= 0.3 is 5.97 Å². The minimum absolute atomic E-state index is 0.153. The normalized spacial score (nSPS) is 13.0. The zero-order valence-electron chi connectivity index (χ0n) is 22.8. The summed E-state index contributed by atoms with van der Waals surface area (Å²) in [6.07, 6.45) is 3.69. The van der Waals surface area contributed by atoms with E-state index >= 15 is 0 Å². The minimum atomic E-state index is -0.360. The molecule has 0 radical (unpaired) electrons. The van der Waals surface area contributed by atoms with Gasteiger partial charge in [0.1, 0.15) is 5.00 Å². The molecule has 7 nitrogen and oxygen atoms in total. The Morgan fingerprint density at radius 3 is 2.62 bits per heavy atom. The van der Waals surface area contributed by atoms with Crippen LogP contribution in [-0.4, -0.2) is 38.5 Å². The lowest BCUT2D eigenvalue weighted by atomic mass is 9.95. The average molecular weight is 581 g/mol. The van der Waals surface area contributed by atoms with Crippen molar-refractivity contribution in [3.05, 3.63) is 56.1 Å². The maximum atomic E-state index is 13.0. The number of aromatic nitrogens is 3. The van der Waals surface area contributed by atoms with E-state index in [1.54, 1.807) is 11.3 Å². The average Bonchev–Trinajstić information content (AvgIpc) is 3.57. The summed E-state index contributed by atoms with van der Waals surface area (Å²) in [7, 11) is 1.93. The van der Waals surface area contributed by atoms with E-state index < -0.39 is 0 Å². The maximum absolute atomic E-state index is 13.0. The number of carbonyl (C=O) groups is 2. The largest absolute Gasteiger partial charge is 0.459 e. The van der Waals surface area contributed by atoms with Gasteiger partial charge in [0, 0.05) is 33.3 Å². The number of benzene rings is 1. The molecule has 0 aliphatic heterocycles. The Bertz CT molecular complexity index is 1520. The van der Waals surface area contributed by atoms with Gasteiger partial charge in [-0.3, -0.25) is 4.79 Å². The van der Waals surface area contributed by atoms with E-state index in [1.165, 1.54) is 38.4 Å². The SMILES string of the molecule is Cc1ccc(-c2c(-c3nnc(SCC(=O)Nc4sc5c(c4C(=O)OC(C)C)CCCC5)n3C)csc2C)cc1. The molecule has 1 N–H and O–H groups in total. The number of thiophene rings is 2. The van der Waals surface area contributed by atoms with Gasteiger partial charge in [0.15, 0.2) is 11.0 Å². The number of anilines is 1. The molecule has 3 heterocycles. The highest BCUT2D eigenvalue weighted by molar-refractivity contribution is 7.99. The first kappa shape index (κ1) is 27.6. The number of ether oxygens (including phenoxy) is 1. The summed E-state index contributed by atoms with van der Waals surface area (Å²) < 4.78 is 7.45. The molecule has 0 saturated heterocycles. The van der Waals surface area contributed by atoms with Gasteiger partial charge in [-0.1, -0.05) is 41.6 Å². The van der Waals surface area contributed by atoms with Crippen molar-refractivity contribution in [2.24, 2.45) is 7.05 Å². The number of carbonyl (C=O) groups excluding carboxylic acids is 2. The standard InChI is InChI=1S/C29H32N4O3S3/c1-16(2)36-28(35)25-20-8-6-7-9-22(20)39-27(25)30-23(34)15-38-29-32-31-26(33(29)5)21-14-37-18(4)24(21)19-12-10-17(3)11-13-19/h10-14,16H,6-9,15H2,1-5H3,(H,30,34). The van der Waals surface area contributed by atoms with Gasteiger partial charge in [-0.05, 0) is 64.5 Å². The third-order valence-electron chi connectivity index (χ3n) is 6.69. The number of nitrogens with one attached hydrogen (secondary N) is 1. The van der Waals surface area contributed by atoms with Gasteiger partial charge in [0.25, 0.3) is 0 Å². The van der Waals surface area contributed by atoms with E-state index in [9.17, 15) is 9.59 Å². The Morgan fingerprint density at radius 2 is 1.87 bits per heavy atom. The molecule has 1 aromatic carbocycles. The number of hydrogen-bond acceptors (Lipinski definition) is 8. The second kappa shape index (κ2) is 11.7. The van der Waals surface area contributed by atoms with Crippen molar-refractivity contribution in [2.75, 3.05) is 11.1 Å². The number of fused-ring (bicyclic) bond motifs is 1. The summed E-state index contributed by atoms with van der Waals surface area (Å²) in [6, 6.07) is 8.51. The number of rotatable bonds is 8. The Labute approximate surface area is 241 Å². The molecule has 0 bridgehead atoms. The monoisotopic (exact) mass is 580 g/mol. The number of aryl methyl sites for hydroxylation is 3. The van der Waals surface area contributed by atoms with E-state index in [1.807, 2.05) is 25.5 Å². The fourth-order valence-electron chi connectivity index (χ4n) is 4.81. The van der Waals surface area contributed by atoms with E-state index in [0.29, 0.717) is 15.7 Å². The summed E-state index contributed by atoms with van der Waals surface area (Å²) in [5.74, 6) is 0.373. The van der Waals surface area contributed by atoms with Crippen LogP contribution in [0, 0.1) is 13.8 Å². The van der Waals surface area contributed by atoms with Crippen LogP contribution in [0.1, 0.15) is 57.9 Å². The van der Waals surface area contributed by atoms with Crippen LogP contribution in [0.2, 0.25) is 0 Å². The van der Waals surface area contributed by atoms with Gasteiger partial charge in [-0.25, -0.2) is 4.79 Å². The topological polar surface area (TPSA) is 86.1 Å². The number of amides is 1. The lowest BCUT2D eigenvalue weighted by Gasteiger charge is -2.14. The highest BCUT2D eigenvalue weighted by Gasteiger charge is 2.28. The molecule has 5 rings (SSSR count). The van der Waals surface area contributed by atoms with Crippen LogP contribution in [-0.2, 0) is 29.4 Å².